The fraction of sp³-hybridized carbons (Fsp3) is 0.632. The molecule has 0 radical (unpaired) electrons. The predicted octanol–water partition coefficient (Wildman–Crippen LogP) is 4.36. The molecular formula is C19H29NO. The lowest BCUT2D eigenvalue weighted by Gasteiger charge is -2.27. The Morgan fingerprint density at radius 1 is 1.24 bits per heavy atom. The van der Waals surface area contributed by atoms with Crippen LogP contribution >= 0.6 is 0 Å². The highest BCUT2D eigenvalue weighted by atomic mass is 16.1. The smallest absolute Gasteiger partial charge is 0.176 e. The van der Waals surface area contributed by atoms with Gasteiger partial charge >= 0.3 is 0 Å². The van der Waals surface area contributed by atoms with Gasteiger partial charge in [-0.15, -0.1) is 0 Å². The predicted molar refractivity (Wildman–Crippen MR) is 88.9 cm³/mol. The highest BCUT2D eigenvalue weighted by molar-refractivity contribution is 5.97. The lowest BCUT2D eigenvalue weighted by atomic mass is 9.80. The van der Waals surface area contributed by atoms with Crippen LogP contribution in [0.3, 0.4) is 0 Å². The zero-order valence-corrected chi connectivity index (χ0v) is 14.1. The Bertz CT molecular complexity index is 481. The van der Waals surface area contributed by atoms with Crippen molar-refractivity contribution in [3.05, 3.63) is 35.4 Å². The first-order valence-corrected chi connectivity index (χ1v) is 8.13. The van der Waals surface area contributed by atoms with E-state index >= 15 is 0 Å². The normalized spacial score (nSPS) is 20.2. The van der Waals surface area contributed by atoms with Crippen molar-refractivity contribution >= 4 is 5.78 Å². The van der Waals surface area contributed by atoms with E-state index in [-0.39, 0.29) is 5.78 Å². The van der Waals surface area contributed by atoms with Gasteiger partial charge in [-0.1, -0.05) is 58.9 Å². The van der Waals surface area contributed by atoms with Crippen molar-refractivity contribution in [3.8, 4) is 0 Å². The Labute approximate surface area is 129 Å². The van der Waals surface area contributed by atoms with E-state index in [1.807, 2.05) is 12.1 Å². The number of carbonyl (C=O) groups excluding carboxylic acids is 1. The van der Waals surface area contributed by atoms with Crippen LogP contribution < -0.4 is 0 Å². The molecule has 1 atom stereocenters. The summed E-state index contributed by atoms with van der Waals surface area (Å²) in [6, 6.07) is 8.13. The first kappa shape index (κ1) is 16.2. The average Bonchev–Trinajstić information content (AvgIpc) is 2.87. The van der Waals surface area contributed by atoms with Crippen molar-refractivity contribution in [2.75, 3.05) is 19.6 Å². The van der Waals surface area contributed by atoms with Gasteiger partial charge in [0.2, 0.25) is 0 Å². The van der Waals surface area contributed by atoms with Gasteiger partial charge in [0.1, 0.15) is 0 Å². The number of rotatable bonds is 4. The van der Waals surface area contributed by atoms with Crippen LogP contribution in [0.2, 0.25) is 0 Å². The van der Waals surface area contributed by atoms with Crippen LogP contribution in [0.15, 0.2) is 24.3 Å². The highest BCUT2D eigenvalue weighted by Crippen LogP contribution is 2.33. The molecule has 1 aromatic rings. The van der Waals surface area contributed by atoms with Gasteiger partial charge in [0.25, 0.3) is 0 Å². The van der Waals surface area contributed by atoms with E-state index in [1.165, 1.54) is 12.0 Å². The van der Waals surface area contributed by atoms with E-state index < -0.39 is 0 Å². The minimum absolute atomic E-state index is 0.250. The Hall–Kier alpha value is -1.15. The molecular weight excluding hydrogens is 258 g/mol. The molecule has 1 aromatic carbocycles. The summed E-state index contributed by atoms with van der Waals surface area (Å²) in [4.78, 5) is 14.7. The second-order valence-electron chi connectivity index (χ2n) is 7.79. The summed E-state index contributed by atoms with van der Waals surface area (Å²) in [7, 11) is 0. The number of hydrogen-bond donors (Lipinski definition) is 0. The largest absolute Gasteiger partial charge is 0.295 e. The molecule has 2 heteroatoms. The van der Waals surface area contributed by atoms with Gasteiger partial charge in [0, 0.05) is 12.1 Å². The van der Waals surface area contributed by atoms with Gasteiger partial charge < -0.3 is 0 Å². The van der Waals surface area contributed by atoms with Gasteiger partial charge in [0.15, 0.2) is 5.78 Å². The average molecular weight is 287 g/mol. The molecule has 0 N–H and O–H groups in total. The SMILES string of the molecule is CC(C)c1ccc(C(=O)CN2CCC(C(C)(C)C)C2)cc1. The van der Waals surface area contributed by atoms with Gasteiger partial charge in [-0.3, -0.25) is 9.69 Å². The van der Waals surface area contributed by atoms with Gasteiger partial charge in [-0.05, 0) is 35.8 Å². The molecule has 0 spiro atoms. The first-order valence-electron chi connectivity index (χ1n) is 8.13. The Morgan fingerprint density at radius 3 is 2.33 bits per heavy atom. The molecule has 1 aliphatic rings. The number of ketones is 1. The first-order chi connectivity index (χ1) is 9.77. The third kappa shape index (κ3) is 4.16. The van der Waals surface area contributed by atoms with Crippen molar-refractivity contribution in [1.82, 2.24) is 4.90 Å². The number of benzene rings is 1. The molecule has 116 valence electrons. The summed E-state index contributed by atoms with van der Waals surface area (Å²) in [6.45, 7) is 13.9. The van der Waals surface area contributed by atoms with Crippen LogP contribution in [0.4, 0.5) is 0 Å². The zero-order chi connectivity index (χ0) is 15.6. The van der Waals surface area contributed by atoms with Crippen LogP contribution in [0.1, 0.15) is 62.9 Å². The molecule has 1 fully saturated rings. The second-order valence-corrected chi connectivity index (χ2v) is 7.79. The second kappa shape index (κ2) is 6.31. The van der Waals surface area contributed by atoms with E-state index in [0.29, 0.717) is 23.8 Å². The van der Waals surface area contributed by atoms with Crippen molar-refractivity contribution in [2.24, 2.45) is 11.3 Å². The molecule has 0 aliphatic carbocycles. The molecule has 1 aliphatic heterocycles. The molecule has 0 bridgehead atoms. The minimum atomic E-state index is 0.250. The van der Waals surface area contributed by atoms with Crippen LogP contribution in [-0.2, 0) is 0 Å². The molecule has 1 saturated heterocycles. The minimum Gasteiger partial charge on any atom is -0.295 e. The molecule has 0 aromatic heterocycles. The number of likely N-dealkylation sites (tertiary alicyclic amines) is 1. The van der Waals surface area contributed by atoms with E-state index in [4.69, 9.17) is 0 Å². The van der Waals surface area contributed by atoms with Crippen molar-refractivity contribution in [3.63, 3.8) is 0 Å². The number of nitrogens with zero attached hydrogens (tertiary/aromatic N) is 1. The summed E-state index contributed by atoms with van der Waals surface area (Å²) < 4.78 is 0. The van der Waals surface area contributed by atoms with Gasteiger partial charge in [0.05, 0.1) is 6.54 Å². The molecule has 1 heterocycles. The summed E-state index contributed by atoms with van der Waals surface area (Å²) >= 11 is 0. The van der Waals surface area contributed by atoms with E-state index in [0.717, 1.165) is 18.7 Å². The van der Waals surface area contributed by atoms with Gasteiger partial charge in [-0.2, -0.15) is 0 Å². The Morgan fingerprint density at radius 2 is 1.86 bits per heavy atom. The van der Waals surface area contributed by atoms with E-state index in [1.54, 1.807) is 0 Å². The lowest BCUT2D eigenvalue weighted by Crippen LogP contribution is -2.30. The number of Topliss-reactive ketones (excluding diaryl/α,β-unsaturated/α-hetero) is 1. The maximum Gasteiger partial charge on any atom is 0.176 e. The molecule has 21 heavy (non-hydrogen) atoms. The number of carbonyl (C=O) groups is 1. The fourth-order valence-electron chi connectivity index (χ4n) is 3.03. The van der Waals surface area contributed by atoms with Crippen molar-refractivity contribution in [1.29, 1.82) is 0 Å². The molecule has 0 saturated carbocycles. The lowest BCUT2D eigenvalue weighted by molar-refractivity contribution is 0.0938. The van der Waals surface area contributed by atoms with Crippen LogP contribution in [0, 0.1) is 11.3 Å². The third-order valence-electron chi connectivity index (χ3n) is 4.76. The highest BCUT2D eigenvalue weighted by Gasteiger charge is 2.32. The topological polar surface area (TPSA) is 20.3 Å². The van der Waals surface area contributed by atoms with Gasteiger partial charge in [-0.25, -0.2) is 0 Å². The summed E-state index contributed by atoms with van der Waals surface area (Å²) in [5.41, 5.74) is 2.48. The Balaban J connectivity index is 1.93. The van der Waals surface area contributed by atoms with Crippen LogP contribution in [0.5, 0.6) is 0 Å². The summed E-state index contributed by atoms with van der Waals surface area (Å²) in [6.07, 6.45) is 1.21. The summed E-state index contributed by atoms with van der Waals surface area (Å²) in [5, 5.41) is 0. The molecule has 1 unspecified atom stereocenters. The monoisotopic (exact) mass is 287 g/mol. The summed E-state index contributed by atoms with van der Waals surface area (Å²) in [5.74, 6) is 1.47. The fourth-order valence-corrected chi connectivity index (χ4v) is 3.03. The van der Waals surface area contributed by atoms with E-state index in [9.17, 15) is 4.79 Å². The maximum absolute atomic E-state index is 12.4. The molecule has 0 amide bonds. The third-order valence-corrected chi connectivity index (χ3v) is 4.76. The zero-order valence-electron chi connectivity index (χ0n) is 14.1. The van der Waals surface area contributed by atoms with Crippen LogP contribution in [-0.4, -0.2) is 30.3 Å². The molecule has 2 rings (SSSR count). The number of hydrogen-bond acceptors (Lipinski definition) is 2. The quantitative estimate of drug-likeness (QED) is 0.767. The van der Waals surface area contributed by atoms with E-state index in [2.05, 4.69) is 51.7 Å². The maximum atomic E-state index is 12.4. The van der Waals surface area contributed by atoms with Crippen molar-refractivity contribution < 1.29 is 4.79 Å². The van der Waals surface area contributed by atoms with Crippen molar-refractivity contribution in [2.45, 2.75) is 47.0 Å². The molecule has 2 nitrogen and oxygen atoms in total. The Kier molecular flexibility index (Phi) is 4.88. The van der Waals surface area contributed by atoms with Crippen LogP contribution in [0.25, 0.3) is 0 Å². The standard InChI is InChI=1S/C19H29NO/c1-14(2)15-6-8-16(9-7-15)18(21)13-20-11-10-17(12-20)19(3,4)5/h6-9,14,17H,10-13H2,1-5H3.